The summed E-state index contributed by atoms with van der Waals surface area (Å²) in [6.07, 6.45) is 3.69. The largest absolute Gasteiger partial charge is 0.496 e. The van der Waals surface area contributed by atoms with Gasteiger partial charge in [0.05, 0.1) is 38.0 Å². The number of rotatable bonds is 11. The summed E-state index contributed by atoms with van der Waals surface area (Å²) in [7, 11) is 1.49. The van der Waals surface area contributed by atoms with Gasteiger partial charge in [-0.05, 0) is 51.1 Å². The van der Waals surface area contributed by atoms with Crippen LogP contribution in [0.3, 0.4) is 0 Å². The van der Waals surface area contributed by atoms with Crippen LogP contribution in [0, 0.1) is 12.8 Å². The van der Waals surface area contributed by atoms with E-state index in [0.29, 0.717) is 42.1 Å². The average molecular weight is 592 g/mol. The maximum absolute atomic E-state index is 12.6. The lowest BCUT2D eigenvalue weighted by molar-refractivity contribution is -0.137. The quantitative estimate of drug-likeness (QED) is 0.217. The molecule has 2 aliphatic heterocycles. The Hall–Kier alpha value is -2.04. The zero-order valence-electron chi connectivity index (χ0n) is 21.7. The van der Waals surface area contributed by atoms with Crippen molar-refractivity contribution in [3.63, 3.8) is 0 Å². The molecule has 1 aromatic rings. The molecule has 1 aromatic carbocycles. The number of anilines is 1. The number of carboxylic acids is 1. The number of allylic oxidation sites excluding steroid dienone is 2. The molecule has 0 spiro atoms. The first kappa shape index (κ1) is 30.5. The number of halogens is 3. The standard InChI is InChI=1S/C26H33Cl3N2O7/c1-15(17(13-20(32)33)5-4-8-31-9-11-37-12-10-31)6-7-18-22(30-25(35)26(27,28)29)21-19(14-38-24(21)34)16(2)23(18)36-3/h6,17H,4-5,7-14H2,1-3H3,(H,30,35)(H,32,33)/b15-6+. The van der Waals surface area contributed by atoms with Crippen molar-refractivity contribution in [2.75, 3.05) is 45.3 Å². The van der Waals surface area contributed by atoms with E-state index in [1.807, 2.05) is 13.0 Å². The first-order valence-electron chi connectivity index (χ1n) is 12.4. The Kier molecular flexibility index (Phi) is 10.7. The number of carbonyl (C=O) groups excluding carboxylic acids is 2. The number of hydrogen-bond acceptors (Lipinski definition) is 7. The molecule has 0 radical (unpaired) electrons. The van der Waals surface area contributed by atoms with Crippen molar-refractivity contribution in [2.45, 2.75) is 49.9 Å². The second-order valence-electron chi connectivity index (χ2n) is 9.44. The predicted octanol–water partition coefficient (Wildman–Crippen LogP) is 4.67. The zero-order chi connectivity index (χ0) is 28.0. The molecule has 0 bridgehead atoms. The topological polar surface area (TPSA) is 114 Å². The van der Waals surface area contributed by atoms with Crippen molar-refractivity contribution in [2.24, 2.45) is 5.92 Å². The lowest BCUT2D eigenvalue weighted by atomic mass is 9.89. The maximum Gasteiger partial charge on any atom is 0.341 e. The lowest BCUT2D eigenvalue weighted by Crippen LogP contribution is -2.37. The molecule has 2 N–H and O–H groups in total. The molecule has 1 amide bonds. The van der Waals surface area contributed by atoms with E-state index >= 15 is 0 Å². The Bertz CT molecular complexity index is 1100. The molecule has 38 heavy (non-hydrogen) atoms. The smallest absolute Gasteiger partial charge is 0.341 e. The zero-order valence-corrected chi connectivity index (χ0v) is 24.0. The van der Waals surface area contributed by atoms with Crippen LogP contribution in [0.1, 0.15) is 53.2 Å². The number of nitrogens with zero attached hydrogens (tertiary/aromatic N) is 1. The Morgan fingerprint density at radius 1 is 1.26 bits per heavy atom. The van der Waals surface area contributed by atoms with Crippen LogP contribution in [0.2, 0.25) is 0 Å². The number of carbonyl (C=O) groups is 3. The summed E-state index contributed by atoms with van der Waals surface area (Å²) in [4.78, 5) is 39.2. The van der Waals surface area contributed by atoms with Crippen LogP contribution in [0.5, 0.6) is 5.75 Å². The second kappa shape index (κ2) is 13.3. The minimum absolute atomic E-state index is 0.00498. The molecule has 9 nitrogen and oxygen atoms in total. The SMILES string of the molecule is COc1c(C)c2c(c(NC(=O)C(Cl)(Cl)Cl)c1C/C=C(\C)C(CCCN1CCOCC1)CC(=O)O)C(=O)OC2. The van der Waals surface area contributed by atoms with Gasteiger partial charge in [-0.1, -0.05) is 46.5 Å². The summed E-state index contributed by atoms with van der Waals surface area (Å²) < 4.78 is 14.0. The number of benzene rings is 1. The number of morpholine rings is 1. The number of carboxylic acid groups (broad SMARTS) is 1. The van der Waals surface area contributed by atoms with Crippen LogP contribution < -0.4 is 10.1 Å². The number of alkyl halides is 3. The molecular formula is C26H33Cl3N2O7. The van der Waals surface area contributed by atoms with E-state index in [2.05, 4.69) is 10.2 Å². The second-order valence-corrected chi connectivity index (χ2v) is 11.7. The van der Waals surface area contributed by atoms with Gasteiger partial charge in [-0.2, -0.15) is 0 Å². The Balaban J connectivity index is 1.91. The number of amides is 1. The van der Waals surface area contributed by atoms with Gasteiger partial charge in [0, 0.05) is 24.2 Å². The van der Waals surface area contributed by atoms with E-state index in [4.69, 9.17) is 49.0 Å². The number of nitrogens with one attached hydrogen (secondary N) is 1. The van der Waals surface area contributed by atoms with Gasteiger partial charge >= 0.3 is 11.9 Å². The van der Waals surface area contributed by atoms with E-state index in [0.717, 1.165) is 31.6 Å². The number of ether oxygens (including phenoxy) is 3. The van der Waals surface area contributed by atoms with Crippen molar-refractivity contribution in [3.8, 4) is 5.75 Å². The van der Waals surface area contributed by atoms with Gasteiger partial charge in [-0.3, -0.25) is 14.5 Å². The molecule has 1 atom stereocenters. The molecule has 1 saturated heterocycles. The Labute approximate surface area is 237 Å². The van der Waals surface area contributed by atoms with Gasteiger partial charge in [0.25, 0.3) is 9.70 Å². The molecule has 1 unspecified atom stereocenters. The fourth-order valence-electron chi connectivity index (χ4n) is 4.89. The Morgan fingerprint density at radius 2 is 1.95 bits per heavy atom. The summed E-state index contributed by atoms with van der Waals surface area (Å²) in [6, 6.07) is 0. The molecule has 0 aromatic heterocycles. The van der Waals surface area contributed by atoms with Gasteiger partial charge in [0.1, 0.15) is 12.4 Å². The predicted molar refractivity (Wildman–Crippen MR) is 145 cm³/mol. The number of hydrogen-bond donors (Lipinski definition) is 2. The van der Waals surface area contributed by atoms with Gasteiger partial charge in [-0.25, -0.2) is 4.79 Å². The van der Waals surface area contributed by atoms with Crippen molar-refractivity contribution in [1.29, 1.82) is 0 Å². The van der Waals surface area contributed by atoms with Crippen LogP contribution in [0.25, 0.3) is 0 Å². The minimum Gasteiger partial charge on any atom is -0.496 e. The van der Waals surface area contributed by atoms with Crippen molar-refractivity contribution in [1.82, 2.24) is 4.90 Å². The summed E-state index contributed by atoms with van der Waals surface area (Å²) >= 11 is 17.4. The highest BCUT2D eigenvalue weighted by Crippen LogP contribution is 2.42. The van der Waals surface area contributed by atoms with E-state index in [1.54, 1.807) is 6.92 Å². The van der Waals surface area contributed by atoms with Crippen LogP contribution >= 0.6 is 34.8 Å². The van der Waals surface area contributed by atoms with Crippen LogP contribution in [0.15, 0.2) is 11.6 Å². The highest BCUT2D eigenvalue weighted by Gasteiger charge is 2.36. The highest BCUT2D eigenvalue weighted by molar-refractivity contribution is 6.76. The van der Waals surface area contributed by atoms with Crippen molar-refractivity contribution in [3.05, 3.63) is 33.9 Å². The first-order chi connectivity index (χ1) is 17.9. The third-order valence-corrected chi connectivity index (χ3v) is 7.51. The van der Waals surface area contributed by atoms with Crippen molar-refractivity contribution < 1.29 is 33.7 Å². The lowest BCUT2D eigenvalue weighted by Gasteiger charge is -2.27. The van der Waals surface area contributed by atoms with Crippen LogP contribution in [-0.2, 0) is 32.1 Å². The van der Waals surface area contributed by atoms with Crippen LogP contribution in [0.4, 0.5) is 5.69 Å². The third-order valence-electron chi connectivity index (χ3n) is 7.00. The van der Waals surface area contributed by atoms with E-state index in [1.165, 1.54) is 7.11 Å². The average Bonchev–Trinajstić information content (AvgIpc) is 3.25. The number of methoxy groups -OCH3 is 1. The molecular weight excluding hydrogens is 559 g/mol. The molecule has 2 heterocycles. The maximum atomic E-state index is 12.6. The molecule has 0 saturated carbocycles. The van der Waals surface area contributed by atoms with Gasteiger partial charge < -0.3 is 24.6 Å². The molecule has 12 heteroatoms. The van der Waals surface area contributed by atoms with Gasteiger partial charge in [0.2, 0.25) is 0 Å². The van der Waals surface area contributed by atoms with Gasteiger partial charge in [0.15, 0.2) is 0 Å². The molecule has 1 fully saturated rings. The van der Waals surface area contributed by atoms with E-state index in [9.17, 15) is 19.5 Å². The summed E-state index contributed by atoms with van der Waals surface area (Å²) in [6.45, 7) is 7.78. The molecule has 210 valence electrons. The highest BCUT2D eigenvalue weighted by atomic mass is 35.6. The summed E-state index contributed by atoms with van der Waals surface area (Å²) in [5.41, 5.74) is 3.03. The van der Waals surface area contributed by atoms with E-state index in [-0.39, 0.29) is 36.6 Å². The fourth-order valence-corrected chi connectivity index (χ4v) is 5.03. The first-order valence-corrected chi connectivity index (χ1v) is 13.5. The fraction of sp³-hybridized carbons (Fsp3) is 0.577. The Morgan fingerprint density at radius 3 is 2.55 bits per heavy atom. The third kappa shape index (κ3) is 7.54. The minimum atomic E-state index is -2.26. The van der Waals surface area contributed by atoms with Crippen molar-refractivity contribution >= 4 is 58.3 Å². The number of fused-ring (bicyclic) bond motifs is 1. The number of esters is 1. The number of cyclic esters (lactones) is 1. The molecule has 3 rings (SSSR count). The van der Waals surface area contributed by atoms with E-state index < -0.39 is 21.6 Å². The normalized spacial score (nSPS) is 17.1. The monoisotopic (exact) mass is 590 g/mol. The molecule has 2 aliphatic rings. The summed E-state index contributed by atoms with van der Waals surface area (Å²) in [5, 5.41) is 12.1. The van der Waals surface area contributed by atoms with Crippen LogP contribution in [-0.4, -0.2) is 71.6 Å². The summed E-state index contributed by atoms with van der Waals surface area (Å²) in [5.74, 6) is -2.12. The number of aliphatic carboxylic acids is 1. The molecule has 0 aliphatic carbocycles. The van der Waals surface area contributed by atoms with Gasteiger partial charge in [-0.15, -0.1) is 0 Å².